The maximum Gasteiger partial charge on any atom is 0.421 e. The van der Waals surface area contributed by atoms with E-state index in [1.165, 1.54) is 12.8 Å². The molecular weight excluding hydrogens is 160 g/mol. The Bertz CT molecular complexity index is 66.8. The third kappa shape index (κ3) is 5.16. The quantitative estimate of drug-likeness (QED) is 0.442. The first-order valence-corrected chi connectivity index (χ1v) is 4.76. The van der Waals surface area contributed by atoms with Crippen molar-refractivity contribution in [1.29, 1.82) is 0 Å². The Balaban J connectivity index is 3.09. The Morgan fingerprint density at radius 3 is 2.40 bits per heavy atom. The van der Waals surface area contributed by atoms with E-state index in [1.54, 1.807) is 0 Å². The van der Waals surface area contributed by atoms with Crippen molar-refractivity contribution >= 4 is 20.5 Å². The largest absolute Gasteiger partial charge is 0.435 e. The van der Waals surface area contributed by atoms with Crippen LogP contribution in [-0.4, -0.2) is 27.1 Å². The topological polar surface area (TPSA) is 18.5 Å². The van der Waals surface area contributed by atoms with Gasteiger partial charge in [-0.1, -0.05) is 26.7 Å². The summed E-state index contributed by atoms with van der Waals surface area (Å²) in [4.78, 5) is 0. The molecule has 0 aromatic heterocycles. The first kappa shape index (κ1) is 10.4. The molecule has 0 atom stereocenters. The SMILES string of the molecule is CCC(CC)CO[Si]O[Si]. The zero-order valence-corrected chi connectivity index (χ0v) is 8.52. The summed E-state index contributed by atoms with van der Waals surface area (Å²) in [6.07, 6.45) is 2.37. The van der Waals surface area contributed by atoms with E-state index < -0.39 is 0 Å². The van der Waals surface area contributed by atoms with Gasteiger partial charge in [-0.2, -0.15) is 0 Å². The summed E-state index contributed by atoms with van der Waals surface area (Å²) in [5, 5.41) is 0. The number of hydrogen-bond donors (Lipinski definition) is 0. The smallest absolute Gasteiger partial charge is 0.421 e. The lowest BCUT2D eigenvalue weighted by atomic mass is 10.1. The Labute approximate surface area is 68.9 Å². The van der Waals surface area contributed by atoms with Crippen LogP contribution in [0.4, 0.5) is 0 Å². The van der Waals surface area contributed by atoms with E-state index in [9.17, 15) is 0 Å². The summed E-state index contributed by atoms with van der Waals surface area (Å²) in [5.74, 6) is 0.689. The third-order valence-corrected chi connectivity index (χ3v) is 2.19. The molecule has 5 radical (unpaired) electrons. The molecule has 0 aromatic carbocycles. The highest BCUT2D eigenvalue weighted by molar-refractivity contribution is 6.27. The molecule has 0 saturated carbocycles. The molecule has 0 aliphatic rings. The zero-order chi connectivity index (χ0) is 7.82. The summed E-state index contributed by atoms with van der Waals surface area (Å²) in [6, 6.07) is 0. The molecule has 0 rings (SSSR count). The average Bonchev–Trinajstić information content (AvgIpc) is 1.99. The highest BCUT2D eigenvalue weighted by Gasteiger charge is 2.02. The van der Waals surface area contributed by atoms with Crippen molar-refractivity contribution in [3.05, 3.63) is 0 Å². The molecule has 2 nitrogen and oxygen atoms in total. The van der Waals surface area contributed by atoms with Crippen LogP contribution in [0.3, 0.4) is 0 Å². The van der Waals surface area contributed by atoms with E-state index in [1.807, 2.05) is 0 Å². The minimum atomic E-state index is 0.127. The molecule has 10 heavy (non-hydrogen) atoms. The molecule has 0 aliphatic heterocycles. The standard InChI is InChI=1S/C6H13O2Si2/c1-3-6(4-2)5-7-10-8-9/h6H,3-5H2,1-2H3. The van der Waals surface area contributed by atoms with E-state index >= 15 is 0 Å². The summed E-state index contributed by atoms with van der Waals surface area (Å²) in [6.45, 7) is 5.17. The fourth-order valence-corrected chi connectivity index (χ4v) is 1.25. The predicted molar refractivity (Wildman–Crippen MR) is 42.6 cm³/mol. The van der Waals surface area contributed by atoms with E-state index in [4.69, 9.17) is 4.43 Å². The van der Waals surface area contributed by atoms with Crippen LogP contribution in [0.5, 0.6) is 0 Å². The van der Waals surface area contributed by atoms with Gasteiger partial charge in [0.2, 0.25) is 10.5 Å². The fourth-order valence-electron chi connectivity index (χ4n) is 0.706. The van der Waals surface area contributed by atoms with Gasteiger partial charge in [0, 0.05) is 6.61 Å². The van der Waals surface area contributed by atoms with Gasteiger partial charge in [0.1, 0.15) is 0 Å². The first-order valence-electron chi connectivity index (χ1n) is 3.54. The highest BCUT2D eigenvalue weighted by atomic mass is 28.3. The van der Waals surface area contributed by atoms with Gasteiger partial charge >= 0.3 is 10.0 Å². The fraction of sp³-hybridized carbons (Fsp3) is 1.00. The maximum absolute atomic E-state index is 5.18. The van der Waals surface area contributed by atoms with Gasteiger partial charge in [-0.3, -0.25) is 0 Å². The van der Waals surface area contributed by atoms with Gasteiger partial charge < -0.3 is 8.54 Å². The van der Waals surface area contributed by atoms with Crippen LogP contribution in [0.15, 0.2) is 0 Å². The Hall–Kier alpha value is 0.354. The normalized spacial score (nSPS) is 10.8. The summed E-state index contributed by atoms with van der Waals surface area (Å²) >= 11 is 0. The summed E-state index contributed by atoms with van der Waals surface area (Å²) in [7, 11) is 3.00. The molecule has 0 aromatic rings. The van der Waals surface area contributed by atoms with Crippen LogP contribution >= 0.6 is 0 Å². The van der Waals surface area contributed by atoms with E-state index in [0.29, 0.717) is 5.92 Å². The van der Waals surface area contributed by atoms with Crippen LogP contribution in [0.2, 0.25) is 0 Å². The molecule has 0 unspecified atom stereocenters. The molecule has 4 heteroatoms. The van der Waals surface area contributed by atoms with Crippen molar-refractivity contribution in [2.45, 2.75) is 26.7 Å². The summed E-state index contributed by atoms with van der Waals surface area (Å²) in [5.41, 5.74) is 0. The van der Waals surface area contributed by atoms with E-state index in [0.717, 1.165) is 6.61 Å². The second-order valence-electron chi connectivity index (χ2n) is 2.18. The van der Waals surface area contributed by atoms with Crippen molar-refractivity contribution < 1.29 is 8.54 Å². The lowest BCUT2D eigenvalue weighted by Crippen LogP contribution is -2.11. The van der Waals surface area contributed by atoms with Gasteiger partial charge in [-0.05, 0) is 5.92 Å². The zero-order valence-electron chi connectivity index (χ0n) is 6.52. The van der Waals surface area contributed by atoms with Crippen LogP contribution in [0.1, 0.15) is 26.7 Å². The average molecular weight is 173 g/mol. The predicted octanol–water partition coefficient (Wildman–Crippen LogP) is 1.07. The molecule has 57 valence electrons. The second-order valence-corrected chi connectivity index (χ2v) is 3.45. The lowest BCUT2D eigenvalue weighted by Gasteiger charge is -2.10. The Morgan fingerprint density at radius 2 is 2.00 bits per heavy atom. The molecule has 0 amide bonds. The van der Waals surface area contributed by atoms with Crippen LogP contribution in [0.25, 0.3) is 0 Å². The number of rotatable bonds is 6. The molecular formula is C6H13O2Si2. The minimum Gasteiger partial charge on any atom is -0.435 e. The lowest BCUT2D eigenvalue weighted by molar-refractivity contribution is 0.227. The minimum absolute atomic E-state index is 0.127. The molecule has 0 spiro atoms. The maximum atomic E-state index is 5.18. The van der Waals surface area contributed by atoms with E-state index in [2.05, 4.69) is 28.4 Å². The van der Waals surface area contributed by atoms with Crippen LogP contribution in [-0.2, 0) is 8.54 Å². The second kappa shape index (κ2) is 7.46. The van der Waals surface area contributed by atoms with Gasteiger partial charge in [0.15, 0.2) is 0 Å². The molecule has 0 aliphatic carbocycles. The van der Waals surface area contributed by atoms with Crippen molar-refractivity contribution in [1.82, 2.24) is 0 Å². The van der Waals surface area contributed by atoms with Gasteiger partial charge in [0.25, 0.3) is 0 Å². The van der Waals surface area contributed by atoms with Crippen molar-refractivity contribution in [2.24, 2.45) is 5.92 Å². The Morgan fingerprint density at radius 1 is 1.40 bits per heavy atom. The highest BCUT2D eigenvalue weighted by Crippen LogP contribution is 2.06. The van der Waals surface area contributed by atoms with Gasteiger partial charge in [0.05, 0.1) is 0 Å². The van der Waals surface area contributed by atoms with Crippen LogP contribution in [0, 0.1) is 5.92 Å². The van der Waals surface area contributed by atoms with Crippen molar-refractivity contribution in [3.63, 3.8) is 0 Å². The monoisotopic (exact) mass is 173 g/mol. The number of hydrogen-bond acceptors (Lipinski definition) is 2. The molecule has 0 N–H and O–H groups in total. The molecule has 0 fully saturated rings. The molecule has 0 bridgehead atoms. The Kier molecular flexibility index (Phi) is 7.72. The van der Waals surface area contributed by atoms with Gasteiger partial charge in [-0.25, -0.2) is 0 Å². The van der Waals surface area contributed by atoms with Crippen molar-refractivity contribution in [3.8, 4) is 0 Å². The van der Waals surface area contributed by atoms with Crippen LogP contribution < -0.4 is 0 Å². The van der Waals surface area contributed by atoms with E-state index in [-0.39, 0.29) is 10.0 Å². The molecule has 0 saturated heterocycles. The summed E-state index contributed by atoms with van der Waals surface area (Å²) < 4.78 is 9.78. The third-order valence-electron chi connectivity index (χ3n) is 1.57. The molecule has 0 heterocycles. The first-order chi connectivity index (χ1) is 4.85. The van der Waals surface area contributed by atoms with Crippen molar-refractivity contribution in [2.75, 3.05) is 6.61 Å². The van der Waals surface area contributed by atoms with Gasteiger partial charge in [-0.15, -0.1) is 0 Å².